The Kier molecular flexibility index (Phi) is 5.82. The van der Waals surface area contributed by atoms with Crippen LogP contribution in [0.3, 0.4) is 0 Å². The number of carbonyl (C=O) groups excluding carboxylic acids is 1. The number of hydrogen-bond donors (Lipinski definition) is 0. The fourth-order valence-electron chi connectivity index (χ4n) is 3.25. The van der Waals surface area contributed by atoms with E-state index in [1.807, 2.05) is 28.5 Å². The molecule has 1 fully saturated rings. The number of nitrogens with zero attached hydrogens (tertiary/aromatic N) is 4. The second-order valence-corrected chi connectivity index (χ2v) is 7.65. The van der Waals surface area contributed by atoms with E-state index in [-0.39, 0.29) is 11.6 Å². The molecule has 0 saturated carbocycles. The van der Waals surface area contributed by atoms with Crippen molar-refractivity contribution < 1.29 is 13.9 Å². The van der Waals surface area contributed by atoms with Gasteiger partial charge in [0.2, 0.25) is 17.5 Å². The lowest BCUT2D eigenvalue weighted by Gasteiger charge is -2.34. The maximum Gasteiger partial charge on any atom is 0.253 e. The summed E-state index contributed by atoms with van der Waals surface area (Å²) in [6.45, 7) is 2.22. The normalized spacial score (nSPS) is 14.1. The Balaban J connectivity index is 1.42. The number of aromatic nitrogens is 1. The van der Waals surface area contributed by atoms with Crippen molar-refractivity contribution >= 4 is 35.3 Å². The van der Waals surface area contributed by atoms with E-state index in [4.69, 9.17) is 9.15 Å². The first kappa shape index (κ1) is 19.7. The van der Waals surface area contributed by atoms with Crippen LogP contribution >= 0.6 is 11.3 Å². The van der Waals surface area contributed by atoms with Crippen LogP contribution in [0.5, 0.6) is 5.75 Å². The van der Waals surface area contributed by atoms with Gasteiger partial charge < -0.3 is 19.0 Å². The van der Waals surface area contributed by atoms with Gasteiger partial charge in [0.15, 0.2) is 0 Å². The van der Waals surface area contributed by atoms with Crippen molar-refractivity contribution in [3.8, 4) is 11.8 Å². The van der Waals surface area contributed by atoms with Crippen LogP contribution in [0.25, 0.3) is 12.2 Å². The number of nitriles is 1. The van der Waals surface area contributed by atoms with E-state index >= 15 is 0 Å². The summed E-state index contributed by atoms with van der Waals surface area (Å²) >= 11 is 1.61. The molecule has 1 aromatic carbocycles. The van der Waals surface area contributed by atoms with Crippen molar-refractivity contribution in [1.82, 2.24) is 9.88 Å². The van der Waals surface area contributed by atoms with Crippen molar-refractivity contribution in [1.29, 1.82) is 5.26 Å². The molecule has 3 heterocycles. The Hall–Kier alpha value is -3.57. The number of hydrogen-bond acceptors (Lipinski definition) is 7. The van der Waals surface area contributed by atoms with Gasteiger partial charge in [-0.3, -0.25) is 4.79 Å². The molecule has 4 rings (SSSR count). The summed E-state index contributed by atoms with van der Waals surface area (Å²) < 4.78 is 11.0. The van der Waals surface area contributed by atoms with Crippen LogP contribution in [-0.4, -0.2) is 49.1 Å². The molecule has 1 saturated heterocycles. The zero-order valence-electron chi connectivity index (χ0n) is 16.4. The SMILES string of the molecule is COc1ccc(C(=O)N2CCN(c3oc(C=Cc4cccs4)nc3C#N)CC2)cc1. The largest absolute Gasteiger partial charge is 0.497 e. The Morgan fingerprint density at radius 2 is 1.97 bits per heavy atom. The Labute approximate surface area is 178 Å². The van der Waals surface area contributed by atoms with Crippen LogP contribution in [0.2, 0.25) is 0 Å². The molecule has 0 spiro atoms. The summed E-state index contributed by atoms with van der Waals surface area (Å²) in [4.78, 5) is 21.9. The molecule has 7 nitrogen and oxygen atoms in total. The van der Waals surface area contributed by atoms with Crippen LogP contribution in [0.15, 0.2) is 46.2 Å². The molecule has 1 aliphatic heterocycles. The van der Waals surface area contributed by atoms with Crippen molar-refractivity contribution in [3.63, 3.8) is 0 Å². The van der Waals surface area contributed by atoms with Gasteiger partial charge in [0.1, 0.15) is 11.8 Å². The first-order valence-corrected chi connectivity index (χ1v) is 10.4. The minimum atomic E-state index is -0.0186. The predicted octanol–water partition coefficient (Wildman–Crippen LogP) is 3.75. The van der Waals surface area contributed by atoms with E-state index in [1.54, 1.807) is 53.7 Å². The Morgan fingerprint density at radius 3 is 2.60 bits per heavy atom. The van der Waals surface area contributed by atoms with Gasteiger partial charge in [-0.05, 0) is 41.8 Å². The van der Waals surface area contributed by atoms with E-state index in [0.717, 1.165) is 10.6 Å². The number of ether oxygens (including phenoxy) is 1. The lowest BCUT2D eigenvalue weighted by molar-refractivity contribution is 0.0745. The van der Waals surface area contributed by atoms with E-state index < -0.39 is 0 Å². The second kappa shape index (κ2) is 8.84. The fourth-order valence-corrected chi connectivity index (χ4v) is 3.87. The molecule has 0 aliphatic carbocycles. The molecule has 0 unspecified atom stereocenters. The van der Waals surface area contributed by atoms with Gasteiger partial charge in [0.05, 0.1) is 7.11 Å². The molecule has 3 aromatic rings. The second-order valence-electron chi connectivity index (χ2n) is 6.67. The summed E-state index contributed by atoms with van der Waals surface area (Å²) in [6, 6.07) is 13.2. The number of carbonyl (C=O) groups is 1. The van der Waals surface area contributed by atoms with Crippen LogP contribution in [0.4, 0.5) is 5.88 Å². The minimum Gasteiger partial charge on any atom is -0.497 e. The number of anilines is 1. The number of amides is 1. The maximum absolute atomic E-state index is 12.7. The average molecular weight is 420 g/mol. The van der Waals surface area contributed by atoms with Crippen molar-refractivity contribution in [3.05, 3.63) is 63.8 Å². The van der Waals surface area contributed by atoms with Crippen molar-refractivity contribution in [2.45, 2.75) is 0 Å². The number of piperazine rings is 1. The Bertz CT molecular complexity index is 1070. The number of methoxy groups -OCH3 is 1. The zero-order valence-corrected chi connectivity index (χ0v) is 17.3. The standard InChI is InChI=1S/C22H20N4O3S/c1-28-17-6-4-16(5-7-17)21(27)25-10-12-26(13-11-25)22-19(15-23)24-20(29-22)9-8-18-3-2-14-30-18/h2-9,14H,10-13H2,1H3. The predicted molar refractivity (Wildman–Crippen MR) is 116 cm³/mol. The van der Waals surface area contributed by atoms with Gasteiger partial charge in [0.25, 0.3) is 5.91 Å². The summed E-state index contributed by atoms with van der Waals surface area (Å²) in [6.07, 6.45) is 3.67. The lowest BCUT2D eigenvalue weighted by Crippen LogP contribution is -2.48. The molecular formula is C22H20N4O3S. The third-order valence-electron chi connectivity index (χ3n) is 4.86. The highest BCUT2D eigenvalue weighted by molar-refractivity contribution is 7.10. The molecule has 0 radical (unpaired) electrons. The highest BCUT2D eigenvalue weighted by Crippen LogP contribution is 2.25. The molecule has 0 N–H and O–H groups in total. The van der Waals surface area contributed by atoms with Gasteiger partial charge in [-0.1, -0.05) is 6.07 Å². The quantitative estimate of drug-likeness (QED) is 0.625. The van der Waals surface area contributed by atoms with Crippen LogP contribution in [-0.2, 0) is 0 Å². The first-order chi connectivity index (χ1) is 14.7. The first-order valence-electron chi connectivity index (χ1n) is 9.48. The summed E-state index contributed by atoms with van der Waals surface area (Å²) in [7, 11) is 1.60. The molecule has 2 aromatic heterocycles. The summed E-state index contributed by atoms with van der Waals surface area (Å²) in [5.41, 5.74) is 0.887. The molecule has 152 valence electrons. The van der Waals surface area contributed by atoms with Crippen LogP contribution in [0, 0.1) is 11.3 Å². The molecule has 1 aliphatic rings. The van der Waals surface area contributed by atoms with E-state index in [9.17, 15) is 10.1 Å². The van der Waals surface area contributed by atoms with E-state index in [0.29, 0.717) is 43.5 Å². The highest BCUT2D eigenvalue weighted by Gasteiger charge is 2.26. The third-order valence-corrected chi connectivity index (χ3v) is 5.69. The number of benzene rings is 1. The molecule has 1 amide bonds. The average Bonchev–Trinajstić information content (AvgIpc) is 3.47. The Morgan fingerprint density at radius 1 is 1.20 bits per heavy atom. The molecule has 30 heavy (non-hydrogen) atoms. The zero-order chi connectivity index (χ0) is 20.9. The highest BCUT2D eigenvalue weighted by atomic mass is 32.1. The number of rotatable bonds is 5. The smallest absolute Gasteiger partial charge is 0.253 e. The molecule has 0 atom stereocenters. The number of thiophene rings is 1. The van der Waals surface area contributed by atoms with E-state index in [2.05, 4.69) is 11.1 Å². The third kappa shape index (κ3) is 4.21. The van der Waals surface area contributed by atoms with Crippen molar-refractivity contribution in [2.24, 2.45) is 0 Å². The fraction of sp³-hybridized carbons (Fsp3) is 0.227. The molecule has 8 heteroatoms. The van der Waals surface area contributed by atoms with Gasteiger partial charge >= 0.3 is 0 Å². The lowest BCUT2D eigenvalue weighted by atomic mass is 10.1. The van der Waals surface area contributed by atoms with Gasteiger partial charge in [-0.2, -0.15) is 10.2 Å². The van der Waals surface area contributed by atoms with Crippen molar-refractivity contribution in [2.75, 3.05) is 38.2 Å². The number of oxazole rings is 1. The topological polar surface area (TPSA) is 82.6 Å². The van der Waals surface area contributed by atoms with Gasteiger partial charge in [-0.15, -0.1) is 11.3 Å². The maximum atomic E-state index is 12.7. The minimum absolute atomic E-state index is 0.0186. The summed E-state index contributed by atoms with van der Waals surface area (Å²) in [5, 5.41) is 11.4. The molecule has 0 bridgehead atoms. The monoisotopic (exact) mass is 420 g/mol. The summed E-state index contributed by atoms with van der Waals surface area (Å²) in [5.74, 6) is 1.55. The molecular weight excluding hydrogens is 400 g/mol. The van der Waals surface area contributed by atoms with Crippen LogP contribution < -0.4 is 9.64 Å². The van der Waals surface area contributed by atoms with Gasteiger partial charge in [-0.25, -0.2) is 0 Å². The van der Waals surface area contributed by atoms with E-state index in [1.165, 1.54) is 0 Å². The van der Waals surface area contributed by atoms with Crippen LogP contribution in [0.1, 0.15) is 26.8 Å². The van der Waals surface area contributed by atoms with Gasteiger partial charge in [0, 0.05) is 42.7 Å².